The molecule has 1 aliphatic heterocycles. The van der Waals surface area contributed by atoms with Crippen molar-refractivity contribution in [3.05, 3.63) is 0 Å². The van der Waals surface area contributed by atoms with Crippen LogP contribution in [0.2, 0.25) is 0 Å². The van der Waals surface area contributed by atoms with Crippen molar-refractivity contribution in [1.82, 2.24) is 4.90 Å². The van der Waals surface area contributed by atoms with E-state index in [1.54, 1.807) is 0 Å². The Hall–Kier alpha value is -0.0900. The van der Waals surface area contributed by atoms with Gasteiger partial charge in [-0.1, -0.05) is 15.9 Å². The average molecular weight is 250 g/mol. The van der Waals surface area contributed by atoms with Gasteiger partial charge in [-0.15, -0.1) is 0 Å². The highest BCUT2D eigenvalue weighted by Crippen LogP contribution is 2.25. The summed E-state index contributed by atoms with van der Waals surface area (Å²) in [5.41, 5.74) is 0. The lowest BCUT2D eigenvalue weighted by Gasteiger charge is -2.30. The van der Waals surface area contributed by atoms with Gasteiger partial charge in [-0.05, 0) is 38.9 Å². The predicted octanol–water partition coefficient (Wildman–Crippen LogP) is 1.26. The number of carbonyl (C=O) groups excluding carboxylic acids is 1. The molecule has 0 spiro atoms. The molecule has 0 aromatic heterocycles. The molecule has 0 radical (unpaired) electrons. The maximum atomic E-state index is 11.2. The molecule has 0 aromatic rings. The van der Waals surface area contributed by atoms with E-state index in [0.717, 1.165) is 25.9 Å². The number of rotatable bonds is 2. The third kappa shape index (κ3) is 2.95. The van der Waals surface area contributed by atoms with Gasteiger partial charge in [0.05, 0.1) is 7.11 Å². The number of carbonyl (C=O) groups is 1. The Morgan fingerprint density at radius 2 is 2.08 bits per heavy atom. The molecule has 1 unspecified atom stereocenters. The van der Waals surface area contributed by atoms with Gasteiger partial charge < -0.3 is 9.64 Å². The lowest BCUT2D eigenvalue weighted by Crippen LogP contribution is -2.36. The molecule has 0 aromatic carbocycles. The van der Waals surface area contributed by atoms with Crippen LogP contribution in [-0.4, -0.2) is 42.9 Å². The van der Waals surface area contributed by atoms with Crippen molar-refractivity contribution >= 4 is 21.9 Å². The van der Waals surface area contributed by atoms with Gasteiger partial charge in [0.1, 0.15) is 4.83 Å². The van der Waals surface area contributed by atoms with E-state index < -0.39 is 0 Å². The highest BCUT2D eigenvalue weighted by molar-refractivity contribution is 9.10. The molecule has 76 valence electrons. The van der Waals surface area contributed by atoms with Crippen LogP contribution in [0.3, 0.4) is 0 Å². The van der Waals surface area contributed by atoms with E-state index in [0.29, 0.717) is 5.92 Å². The minimum Gasteiger partial charge on any atom is -0.468 e. The maximum Gasteiger partial charge on any atom is 0.319 e. The fraction of sp³-hybridized carbons (Fsp3) is 0.889. The van der Waals surface area contributed by atoms with Gasteiger partial charge in [0.25, 0.3) is 0 Å². The first kappa shape index (κ1) is 11.0. The number of hydrogen-bond acceptors (Lipinski definition) is 3. The van der Waals surface area contributed by atoms with Crippen LogP contribution in [0.15, 0.2) is 0 Å². The smallest absolute Gasteiger partial charge is 0.319 e. The van der Waals surface area contributed by atoms with Crippen LogP contribution in [0.5, 0.6) is 0 Å². The number of methoxy groups -OCH3 is 1. The first-order valence-corrected chi connectivity index (χ1v) is 5.47. The summed E-state index contributed by atoms with van der Waals surface area (Å²) < 4.78 is 4.69. The van der Waals surface area contributed by atoms with Crippen molar-refractivity contribution in [3.8, 4) is 0 Å². The van der Waals surface area contributed by atoms with E-state index in [1.807, 2.05) is 0 Å². The Labute approximate surface area is 87.6 Å². The molecule has 4 heteroatoms. The highest BCUT2D eigenvalue weighted by atomic mass is 79.9. The summed E-state index contributed by atoms with van der Waals surface area (Å²) in [6.07, 6.45) is 2.14. The van der Waals surface area contributed by atoms with Crippen molar-refractivity contribution in [2.75, 3.05) is 27.2 Å². The van der Waals surface area contributed by atoms with Gasteiger partial charge in [-0.2, -0.15) is 0 Å². The van der Waals surface area contributed by atoms with E-state index in [2.05, 4.69) is 27.9 Å². The van der Waals surface area contributed by atoms with Gasteiger partial charge in [0, 0.05) is 0 Å². The number of ether oxygens (including phenoxy) is 1. The average Bonchev–Trinajstić information content (AvgIpc) is 2.17. The van der Waals surface area contributed by atoms with Gasteiger partial charge >= 0.3 is 5.97 Å². The van der Waals surface area contributed by atoms with Crippen LogP contribution < -0.4 is 0 Å². The standard InChI is InChI=1S/C9H16BrNO2/c1-11-5-3-7(4-6-11)8(10)9(12)13-2/h7-8H,3-6H2,1-2H3. The number of piperidine rings is 1. The third-order valence-electron chi connectivity index (χ3n) is 2.60. The molecule has 1 atom stereocenters. The zero-order valence-electron chi connectivity index (χ0n) is 8.12. The molecule has 0 saturated carbocycles. The molecule has 1 fully saturated rings. The normalized spacial score (nSPS) is 22.7. The van der Waals surface area contributed by atoms with Gasteiger partial charge in [0.2, 0.25) is 0 Å². The number of halogens is 1. The van der Waals surface area contributed by atoms with E-state index in [-0.39, 0.29) is 10.8 Å². The molecule has 1 saturated heterocycles. The summed E-state index contributed by atoms with van der Waals surface area (Å²) in [4.78, 5) is 13.4. The van der Waals surface area contributed by atoms with Gasteiger partial charge in [0.15, 0.2) is 0 Å². The molecule has 0 amide bonds. The zero-order chi connectivity index (χ0) is 9.84. The largest absolute Gasteiger partial charge is 0.468 e. The number of nitrogens with zero attached hydrogens (tertiary/aromatic N) is 1. The molecule has 0 aliphatic carbocycles. The summed E-state index contributed by atoms with van der Waals surface area (Å²) in [7, 11) is 3.54. The lowest BCUT2D eigenvalue weighted by molar-refractivity contribution is -0.141. The van der Waals surface area contributed by atoms with Gasteiger partial charge in [-0.25, -0.2) is 0 Å². The Bertz CT molecular complexity index is 178. The van der Waals surface area contributed by atoms with Crippen LogP contribution in [0.1, 0.15) is 12.8 Å². The first-order chi connectivity index (χ1) is 6.15. The Balaban J connectivity index is 2.39. The second-order valence-corrected chi connectivity index (χ2v) is 4.55. The molecule has 0 N–H and O–H groups in total. The van der Waals surface area contributed by atoms with Gasteiger partial charge in [-0.3, -0.25) is 4.79 Å². The quantitative estimate of drug-likeness (QED) is 0.546. The van der Waals surface area contributed by atoms with E-state index in [4.69, 9.17) is 4.74 Å². The summed E-state index contributed by atoms with van der Waals surface area (Å²) in [6, 6.07) is 0. The molecule has 1 aliphatic rings. The van der Waals surface area contributed by atoms with Crippen LogP contribution in [0.4, 0.5) is 0 Å². The number of hydrogen-bond donors (Lipinski definition) is 0. The molecule has 3 nitrogen and oxygen atoms in total. The molecular weight excluding hydrogens is 234 g/mol. The molecule has 13 heavy (non-hydrogen) atoms. The fourth-order valence-corrected chi connectivity index (χ4v) is 2.34. The van der Waals surface area contributed by atoms with Crippen molar-refractivity contribution in [1.29, 1.82) is 0 Å². The van der Waals surface area contributed by atoms with Crippen LogP contribution in [0.25, 0.3) is 0 Å². The fourth-order valence-electron chi connectivity index (χ4n) is 1.63. The second-order valence-electron chi connectivity index (χ2n) is 3.57. The van der Waals surface area contributed by atoms with E-state index in [9.17, 15) is 4.79 Å². The van der Waals surface area contributed by atoms with Crippen molar-refractivity contribution < 1.29 is 9.53 Å². The van der Waals surface area contributed by atoms with Crippen molar-refractivity contribution in [3.63, 3.8) is 0 Å². The maximum absolute atomic E-state index is 11.2. The van der Waals surface area contributed by atoms with Crippen molar-refractivity contribution in [2.45, 2.75) is 17.7 Å². The van der Waals surface area contributed by atoms with Crippen molar-refractivity contribution in [2.24, 2.45) is 5.92 Å². The molecular formula is C9H16BrNO2. The first-order valence-electron chi connectivity index (χ1n) is 4.55. The summed E-state index contributed by atoms with van der Waals surface area (Å²) in [6.45, 7) is 2.15. The number of esters is 1. The lowest BCUT2D eigenvalue weighted by atomic mass is 9.94. The molecule has 0 bridgehead atoms. The zero-order valence-corrected chi connectivity index (χ0v) is 9.71. The third-order valence-corrected chi connectivity index (χ3v) is 3.72. The topological polar surface area (TPSA) is 29.5 Å². The number of likely N-dealkylation sites (tertiary alicyclic amines) is 1. The predicted molar refractivity (Wildman–Crippen MR) is 55.0 cm³/mol. The Morgan fingerprint density at radius 3 is 2.54 bits per heavy atom. The monoisotopic (exact) mass is 249 g/mol. The van der Waals surface area contributed by atoms with E-state index in [1.165, 1.54) is 7.11 Å². The van der Waals surface area contributed by atoms with Crippen LogP contribution >= 0.6 is 15.9 Å². The second kappa shape index (κ2) is 4.96. The van der Waals surface area contributed by atoms with Crippen LogP contribution in [0, 0.1) is 5.92 Å². The Morgan fingerprint density at radius 1 is 1.54 bits per heavy atom. The Kier molecular flexibility index (Phi) is 4.19. The molecule has 1 heterocycles. The number of alkyl halides is 1. The van der Waals surface area contributed by atoms with E-state index >= 15 is 0 Å². The summed E-state index contributed by atoms with van der Waals surface area (Å²) >= 11 is 3.39. The molecule has 1 rings (SSSR count). The summed E-state index contributed by atoms with van der Waals surface area (Å²) in [5.74, 6) is 0.290. The minimum absolute atomic E-state index is 0.119. The van der Waals surface area contributed by atoms with Crippen LogP contribution in [-0.2, 0) is 9.53 Å². The SMILES string of the molecule is COC(=O)C(Br)C1CCN(C)CC1. The minimum atomic E-state index is -0.144. The highest BCUT2D eigenvalue weighted by Gasteiger charge is 2.28. The summed E-state index contributed by atoms with van der Waals surface area (Å²) in [5, 5.41) is 0.